The maximum absolute atomic E-state index is 3.28. The van der Waals surface area contributed by atoms with Crippen LogP contribution in [-0.4, -0.2) is 50.8 Å². The standard InChI is InChI=1S/C5H11N.Ca/c1-2-4-6-5-3-1;/h6H,1-5H2;/q;+2. The maximum Gasteiger partial charge on any atom is 2.00 e. The number of nitrogens with one attached hydrogen (secondary N) is 1. The molecule has 1 fully saturated rings. The van der Waals surface area contributed by atoms with Gasteiger partial charge in [0.1, 0.15) is 0 Å². The molecule has 1 aliphatic heterocycles. The van der Waals surface area contributed by atoms with Crippen molar-refractivity contribution in [3.8, 4) is 0 Å². The van der Waals surface area contributed by atoms with Gasteiger partial charge in [-0.05, 0) is 25.9 Å². The normalized spacial score (nSPS) is 20.6. The van der Waals surface area contributed by atoms with Gasteiger partial charge in [0, 0.05) is 0 Å². The molecule has 0 aromatic carbocycles. The predicted molar refractivity (Wildman–Crippen MR) is 32.5 cm³/mol. The SMILES string of the molecule is C1CCNCC1.[Ca+2]. The Morgan fingerprint density at radius 2 is 1.43 bits per heavy atom. The first-order valence-electron chi connectivity index (χ1n) is 2.71. The molecule has 0 saturated carbocycles. The van der Waals surface area contributed by atoms with Gasteiger partial charge in [0.15, 0.2) is 0 Å². The largest absolute Gasteiger partial charge is 2.00 e. The van der Waals surface area contributed by atoms with E-state index in [1.807, 2.05) is 0 Å². The molecule has 0 aromatic heterocycles. The summed E-state index contributed by atoms with van der Waals surface area (Å²) in [6.45, 7) is 2.50. The van der Waals surface area contributed by atoms with Crippen LogP contribution in [-0.2, 0) is 0 Å². The third kappa shape index (κ3) is 3.77. The second-order valence-electron chi connectivity index (χ2n) is 1.81. The molecule has 0 amide bonds. The van der Waals surface area contributed by atoms with Gasteiger partial charge in [-0.25, -0.2) is 0 Å². The van der Waals surface area contributed by atoms with E-state index >= 15 is 0 Å². The quantitative estimate of drug-likeness (QED) is 0.461. The van der Waals surface area contributed by atoms with Gasteiger partial charge in [-0.15, -0.1) is 0 Å². The van der Waals surface area contributed by atoms with Gasteiger partial charge in [-0.1, -0.05) is 6.42 Å². The summed E-state index contributed by atoms with van der Waals surface area (Å²) in [6.07, 6.45) is 4.22. The van der Waals surface area contributed by atoms with Crippen LogP contribution < -0.4 is 5.32 Å². The summed E-state index contributed by atoms with van der Waals surface area (Å²) < 4.78 is 0. The fourth-order valence-electron chi connectivity index (χ4n) is 0.802. The van der Waals surface area contributed by atoms with Gasteiger partial charge < -0.3 is 5.32 Å². The molecule has 2 heteroatoms. The number of rotatable bonds is 0. The minimum atomic E-state index is 0. The van der Waals surface area contributed by atoms with Gasteiger partial charge in [-0.3, -0.25) is 0 Å². The van der Waals surface area contributed by atoms with E-state index in [0.29, 0.717) is 0 Å². The molecule has 1 nitrogen and oxygen atoms in total. The molecule has 0 radical (unpaired) electrons. The van der Waals surface area contributed by atoms with Crippen LogP contribution in [0, 0.1) is 0 Å². The van der Waals surface area contributed by atoms with Gasteiger partial charge in [0.05, 0.1) is 0 Å². The first kappa shape index (κ1) is 8.22. The summed E-state index contributed by atoms with van der Waals surface area (Å²) in [4.78, 5) is 0. The topological polar surface area (TPSA) is 12.0 Å². The van der Waals surface area contributed by atoms with E-state index in [-0.39, 0.29) is 37.7 Å². The third-order valence-corrected chi connectivity index (χ3v) is 1.21. The van der Waals surface area contributed by atoms with Crippen LogP contribution >= 0.6 is 0 Å². The van der Waals surface area contributed by atoms with Crippen molar-refractivity contribution >= 4 is 37.7 Å². The molecule has 0 bridgehead atoms. The Labute approximate surface area is 74.9 Å². The first-order valence-corrected chi connectivity index (χ1v) is 2.71. The Morgan fingerprint density at radius 3 is 1.57 bits per heavy atom. The molecular formula is C5H11CaN+2. The van der Waals surface area contributed by atoms with E-state index in [0.717, 1.165) is 0 Å². The molecule has 1 aliphatic rings. The molecule has 1 N–H and O–H groups in total. The van der Waals surface area contributed by atoms with Crippen LogP contribution in [0.2, 0.25) is 0 Å². The molecule has 0 aliphatic carbocycles. The summed E-state index contributed by atoms with van der Waals surface area (Å²) in [7, 11) is 0. The summed E-state index contributed by atoms with van der Waals surface area (Å²) in [5.74, 6) is 0. The molecule has 7 heavy (non-hydrogen) atoms. The second kappa shape index (κ2) is 5.36. The molecule has 1 rings (SSSR count). The Kier molecular flexibility index (Phi) is 6.29. The smallest absolute Gasteiger partial charge is 0.317 e. The molecule has 1 saturated heterocycles. The molecule has 0 aromatic rings. The van der Waals surface area contributed by atoms with Gasteiger partial charge >= 0.3 is 37.7 Å². The fourth-order valence-corrected chi connectivity index (χ4v) is 0.802. The predicted octanol–water partition coefficient (Wildman–Crippen LogP) is 0.379. The Morgan fingerprint density at radius 1 is 0.857 bits per heavy atom. The zero-order chi connectivity index (χ0) is 4.24. The zero-order valence-electron chi connectivity index (χ0n) is 4.74. The zero-order valence-corrected chi connectivity index (χ0v) is 6.95. The molecule has 0 atom stereocenters. The van der Waals surface area contributed by atoms with E-state index in [4.69, 9.17) is 0 Å². The van der Waals surface area contributed by atoms with Crippen LogP contribution in [0.5, 0.6) is 0 Å². The van der Waals surface area contributed by atoms with Crippen molar-refractivity contribution in [1.29, 1.82) is 0 Å². The molecule has 1 heterocycles. The first-order chi connectivity index (χ1) is 3.00. The monoisotopic (exact) mass is 125 g/mol. The fraction of sp³-hybridized carbons (Fsp3) is 1.00. The third-order valence-electron chi connectivity index (χ3n) is 1.21. The van der Waals surface area contributed by atoms with Gasteiger partial charge in [0.2, 0.25) is 0 Å². The van der Waals surface area contributed by atoms with Crippen molar-refractivity contribution in [2.75, 3.05) is 13.1 Å². The van der Waals surface area contributed by atoms with E-state index in [1.165, 1.54) is 32.4 Å². The van der Waals surface area contributed by atoms with Crippen molar-refractivity contribution in [3.05, 3.63) is 0 Å². The van der Waals surface area contributed by atoms with Crippen LogP contribution in [0.1, 0.15) is 19.3 Å². The Balaban J connectivity index is 0.000000360. The molecular weight excluding hydrogens is 114 g/mol. The summed E-state index contributed by atoms with van der Waals surface area (Å²) in [5, 5.41) is 3.28. The van der Waals surface area contributed by atoms with Gasteiger partial charge in [0.25, 0.3) is 0 Å². The van der Waals surface area contributed by atoms with Crippen LogP contribution in [0.25, 0.3) is 0 Å². The van der Waals surface area contributed by atoms with Gasteiger partial charge in [-0.2, -0.15) is 0 Å². The van der Waals surface area contributed by atoms with Crippen molar-refractivity contribution < 1.29 is 0 Å². The van der Waals surface area contributed by atoms with Crippen molar-refractivity contribution in [2.45, 2.75) is 19.3 Å². The Hall–Kier alpha value is 1.22. The summed E-state index contributed by atoms with van der Waals surface area (Å²) in [5.41, 5.74) is 0. The van der Waals surface area contributed by atoms with Crippen LogP contribution in [0.3, 0.4) is 0 Å². The van der Waals surface area contributed by atoms with E-state index in [2.05, 4.69) is 5.32 Å². The van der Waals surface area contributed by atoms with E-state index in [9.17, 15) is 0 Å². The minimum Gasteiger partial charge on any atom is -0.317 e. The average molecular weight is 125 g/mol. The number of piperidine rings is 1. The van der Waals surface area contributed by atoms with Crippen molar-refractivity contribution in [2.24, 2.45) is 0 Å². The molecule has 0 spiro atoms. The molecule has 36 valence electrons. The second-order valence-corrected chi connectivity index (χ2v) is 1.81. The maximum atomic E-state index is 3.28. The molecule has 0 unspecified atom stereocenters. The summed E-state index contributed by atoms with van der Waals surface area (Å²) >= 11 is 0. The van der Waals surface area contributed by atoms with Crippen LogP contribution in [0.4, 0.5) is 0 Å². The number of hydrogen-bond donors (Lipinski definition) is 1. The van der Waals surface area contributed by atoms with E-state index < -0.39 is 0 Å². The van der Waals surface area contributed by atoms with Crippen molar-refractivity contribution in [1.82, 2.24) is 5.32 Å². The Bertz CT molecular complexity index is 23.6. The average Bonchev–Trinajstić information content (AvgIpc) is 1.72. The summed E-state index contributed by atoms with van der Waals surface area (Å²) in [6, 6.07) is 0. The van der Waals surface area contributed by atoms with Crippen molar-refractivity contribution in [3.63, 3.8) is 0 Å². The number of hydrogen-bond acceptors (Lipinski definition) is 1. The van der Waals surface area contributed by atoms with E-state index in [1.54, 1.807) is 0 Å². The van der Waals surface area contributed by atoms with Crippen LogP contribution in [0.15, 0.2) is 0 Å². The minimum absolute atomic E-state index is 0.